The number of aliphatic carboxylic acids is 2. The molecule has 2 aromatic rings. The lowest BCUT2D eigenvalue weighted by molar-refractivity contribution is -0.303. The van der Waals surface area contributed by atoms with E-state index in [9.17, 15) is 14.7 Å². The number of carboxylic acids is 2. The lowest BCUT2D eigenvalue weighted by Crippen LogP contribution is -2.40. The van der Waals surface area contributed by atoms with Gasteiger partial charge in [0.05, 0.1) is 12.5 Å². The predicted octanol–water partition coefficient (Wildman–Crippen LogP) is 0.481. The van der Waals surface area contributed by atoms with Gasteiger partial charge in [0.1, 0.15) is 6.54 Å². The molecule has 0 radical (unpaired) electrons. The molecule has 0 aromatic heterocycles. The monoisotopic (exact) mass is 258 g/mol. The van der Waals surface area contributed by atoms with Crippen molar-refractivity contribution in [1.29, 1.82) is 0 Å². The molecule has 5 nitrogen and oxygen atoms in total. The highest BCUT2D eigenvalue weighted by Crippen LogP contribution is 2.26. The van der Waals surface area contributed by atoms with Crippen LogP contribution in [0.5, 0.6) is 0 Å². The Kier molecular flexibility index (Phi) is 3.66. The van der Waals surface area contributed by atoms with E-state index in [1.165, 1.54) is 4.90 Å². The molecule has 0 fully saturated rings. The number of anilines is 1. The molecule has 0 spiro atoms. The van der Waals surface area contributed by atoms with Gasteiger partial charge in [-0.05, 0) is 11.5 Å². The van der Waals surface area contributed by atoms with E-state index in [-0.39, 0.29) is 6.54 Å². The van der Waals surface area contributed by atoms with Gasteiger partial charge in [0.25, 0.3) is 0 Å². The van der Waals surface area contributed by atoms with E-state index in [2.05, 4.69) is 0 Å². The SMILES string of the molecule is O=C([O-])CN(CC(=O)O)c1cccc2ccccc12. The van der Waals surface area contributed by atoms with Gasteiger partial charge in [-0.15, -0.1) is 0 Å². The maximum atomic E-state index is 10.8. The summed E-state index contributed by atoms with van der Waals surface area (Å²) >= 11 is 0. The van der Waals surface area contributed by atoms with Gasteiger partial charge in [-0.3, -0.25) is 4.79 Å². The summed E-state index contributed by atoms with van der Waals surface area (Å²) in [7, 11) is 0. The predicted molar refractivity (Wildman–Crippen MR) is 68.8 cm³/mol. The van der Waals surface area contributed by atoms with Crippen molar-refractivity contribution in [3.05, 3.63) is 42.5 Å². The number of carbonyl (C=O) groups is 2. The van der Waals surface area contributed by atoms with Crippen LogP contribution in [0.4, 0.5) is 5.69 Å². The number of hydrogen-bond acceptors (Lipinski definition) is 4. The smallest absolute Gasteiger partial charge is 0.323 e. The highest BCUT2D eigenvalue weighted by Gasteiger charge is 2.13. The van der Waals surface area contributed by atoms with Gasteiger partial charge in [-0.2, -0.15) is 0 Å². The Morgan fingerprint density at radius 3 is 2.42 bits per heavy atom. The van der Waals surface area contributed by atoms with Crippen LogP contribution < -0.4 is 10.0 Å². The molecule has 0 heterocycles. The summed E-state index contributed by atoms with van der Waals surface area (Å²) in [5, 5.41) is 21.4. The fourth-order valence-electron chi connectivity index (χ4n) is 2.03. The molecule has 0 amide bonds. The number of hydrogen-bond donors (Lipinski definition) is 1. The van der Waals surface area contributed by atoms with Crippen LogP contribution in [0.15, 0.2) is 42.5 Å². The molecule has 0 aliphatic rings. The van der Waals surface area contributed by atoms with Gasteiger partial charge in [0, 0.05) is 11.1 Å². The second-order valence-corrected chi connectivity index (χ2v) is 4.12. The number of fused-ring (bicyclic) bond motifs is 1. The summed E-state index contributed by atoms with van der Waals surface area (Å²) in [5.41, 5.74) is 0.574. The fraction of sp³-hybridized carbons (Fsp3) is 0.143. The molecular formula is C14H12NO4-. The molecule has 0 saturated carbocycles. The Labute approximate surface area is 109 Å². The fourth-order valence-corrected chi connectivity index (χ4v) is 2.03. The van der Waals surface area contributed by atoms with Gasteiger partial charge in [0.15, 0.2) is 0 Å². The summed E-state index contributed by atoms with van der Waals surface area (Å²) in [6.07, 6.45) is 0. The number of benzene rings is 2. The largest absolute Gasteiger partial charge is 0.548 e. The van der Waals surface area contributed by atoms with Crippen molar-refractivity contribution < 1.29 is 19.8 Å². The van der Waals surface area contributed by atoms with E-state index in [1.807, 2.05) is 30.3 Å². The Hall–Kier alpha value is -2.56. The van der Waals surface area contributed by atoms with Crippen LogP contribution in [0.25, 0.3) is 10.8 Å². The standard InChI is InChI=1S/C14H13NO4/c16-13(17)8-15(9-14(18)19)12-7-3-5-10-4-1-2-6-11(10)12/h1-7H,8-9H2,(H,16,17)(H,18,19)/p-1. The Bertz CT molecular complexity index is 602. The molecule has 0 atom stereocenters. The molecule has 2 aromatic carbocycles. The minimum Gasteiger partial charge on any atom is -0.548 e. The zero-order chi connectivity index (χ0) is 13.8. The van der Waals surface area contributed by atoms with E-state index in [0.717, 1.165) is 10.8 Å². The molecule has 0 aliphatic carbocycles. The van der Waals surface area contributed by atoms with Crippen LogP contribution in [0.3, 0.4) is 0 Å². The molecule has 98 valence electrons. The Morgan fingerprint density at radius 1 is 1.05 bits per heavy atom. The van der Waals surface area contributed by atoms with Crippen LogP contribution in [-0.4, -0.2) is 30.1 Å². The summed E-state index contributed by atoms with van der Waals surface area (Å²) in [5.74, 6) is -2.40. The van der Waals surface area contributed by atoms with Crippen molar-refractivity contribution in [3.8, 4) is 0 Å². The second kappa shape index (κ2) is 5.39. The van der Waals surface area contributed by atoms with E-state index in [0.29, 0.717) is 5.69 Å². The quantitative estimate of drug-likeness (QED) is 0.843. The highest BCUT2D eigenvalue weighted by molar-refractivity contribution is 5.96. The van der Waals surface area contributed by atoms with E-state index < -0.39 is 18.5 Å². The first-order chi connectivity index (χ1) is 9.08. The topological polar surface area (TPSA) is 80.7 Å². The van der Waals surface area contributed by atoms with Gasteiger partial charge in [-0.1, -0.05) is 36.4 Å². The van der Waals surface area contributed by atoms with Crippen LogP contribution in [-0.2, 0) is 9.59 Å². The average molecular weight is 258 g/mol. The van der Waals surface area contributed by atoms with Gasteiger partial charge in [0.2, 0.25) is 0 Å². The van der Waals surface area contributed by atoms with E-state index in [4.69, 9.17) is 5.11 Å². The normalized spacial score (nSPS) is 10.3. The summed E-state index contributed by atoms with van der Waals surface area (Å²) < 4.78 is 0. The lowest BCUT2D eigenvalue weighted by Gasteiger charge is -2.24. The Balaban J connectivity index is 2.48. The molecule has 0 bridgehead atoms. The molecule has 0 unspecified atom stereocenters. The molecule has 5 heteroatoms. The first kappa shape index (κ1) is 12.9. The van der Waals surface area contributed by atoms with Gasteiger partial charge < -0.3 is 19.9 Å². The second-order valence-electron chi connectivity index (χ2n) is 4.12. The van der Waals surface area contributed by atoms with Crippen molar-refractivity contribution >= 4 is 28.4 Å². The lowest BCUT2D eigenvalue weighted by atomic mass is 10.1. The average Bonchev–Trinajstić information content (AvgIpc) is 2.36. The zero-order valence-corrected chi connectivity index (χ0v) is 10.1. The molecular weight excluding hydrogens is 246 g/mol. The van der Waals surface area contributed by atoms with Crippen LogP contribution in [0, 0.1) is 0 Å². The van der Waals surface area contributed by atoms with Crippen LogP contribution >= 0.6 is 0 Å². The minimum atomic E-state index is -1.31. The van der Waals surface area contributed by atoms with Crippen molar-refractivity contribution in [2.45, 2.75) is 0 Å². The van der Waals surface area contributed by atoms with Crippen LogP contribution in [0.2, 0.25) is 0 Å². The van der Waals surface area contributed by atoms with E-state index in [1.54, 1.807) is 12.1 Å². The van der Waals surface area contributed by atoms with Gasteiger partial charge >= 0.3 is 5.97 Å². The van der Waals surface area contributed by atoms with Gasteiger partial charge in [-0.25, -0.2) is 0 Å². The highest BCUT2D eigenvalue weighted by atomic mass is 16.4. The molecule has 1 N–H and O–H groups in total. The summed E-state index contributed by atoms with van der Waals surface area (Å²) in [6.45, 7) is -0.845. The van der Waals surface area contributed by atoms with Crippen molar-refractivity contribution in [2.24, 2.45) is 0 Å². The Morgan fingerprint density at radius 2 is 1.74 bits per heavy atom. The minimum absolute atomic E-state index is 0.387. The maximum absolute atomic E-state index is 10.8. The van der Waals surface area contributed by atoms with E-state index >= 15 is 0 Å². The molecule has 2 rings (SSSR count). The zero-order valence-electron chi connectivity index (χ0n) is 10.1. The van der Waals surface area contributed by atoms with Crippen molar-refractivity contribution in [3.63, 3.8) is 0 Å². The van der Waals surface area contributed by atoms with Crippen LogP contribution in [0.1, 0.15) is 0 Å². The first-order valence-corrected chi connectivity index (χ1v) is 5.72. The number of nitrogens with zero attached hydrogens (tertiary/aromatic N) is 1. The van der Waals surface area contributed by atoms with Crippen molar-refractivity contribution in [2.75, 3.05) is 18.0 Å². The summed E-state index contributed by atoms with van der Waals surface area (Å²) in [6, 6.07) is 12.8. The third kappa shape index (κ3) is 3.01. The number of carboxylic acid groups (broad SMARTS) is 2. The van der Waals surface area contributed by atoms with Crippen molar-refractivity contribution in [1.82, 2.24) is 0 Å². The molecule has 0 aliphatic heterocycles. The number of carbonyl (C=O) groups excluding carboxylic acids is 1. The third-order valence-electron chi connectivity index (χ3n) is 2.75. The maximum Gasteiger partial charge on any atom is 0.323 e. The summed E-state index contributed by atoms with van der Waals surface area (Å²) in [4.78, 5) is 22.9. The molecule has 0 saturated heterocycles. The first-order valence-electron chi connectivity index (χ1n) is 5.72. The molecule has 19 heavy (non-hydrogen) atoms. The third-order valence-corrected chi connectivity index (χ3v) is 2.75. The number of rotatable bonds is 5.